The van der Waals surface area contributed by atoms with Crippen LogP contribution in [0.4, 0.5) is 10.5 Å². The van der Waals surface area contributed by atoms with E-state index in [9.17, 15) is 9.90 Å². The molecule has 5 heteroatoms. The summed E-state index contributed by atoms with van der Waals surface area (Å²) in [5.74, 6) is 0.796. The summed E-state index contributed by atoms with van der Waals surface area (Å²) in [5.41, 5.74) is 2.70. The van der Waals surface area contributed by atoms with Crippen LogP contribution in [-0.4, -0.2) is 42.3 Å². The summed E-state index contributed by atoms with van der Waals surface area (Å²) in [6.07, 6.45) is 5.53. The average molecular weight is 368 g/mol. The molecule has 2 amide bonds. The van der Waals surface area contributed by atoms with E-state index in [-0.39, 0.29) is 18.7 Å². The Balaban J connectivity index is 1.77. The number of hydrogen-bond acceptors (Lipinski definition) is 3. The number of aliphatic hydroxyl groups excluding tert-OH is 1. The van der Waals surface area contributed by atoms with Crippen molar-refractivity contribution in [3.05, 3.63) is 48.5 Å². The third kappa shape index (κ3) is 4.80. The van der Waals surface area contributed by atoms with Crippen molar-refractivity contribution in [2.75, 3.05) is 25.6 Å². The molecular formula is C22H28N2O3. The number of anilines is 1. The summed E-state index contributed by atoms with van der Waals surface area (Å²) in [4.78, 5) is 14.6. The van der Waals surface area contributed by atoms with Gasteiger partial charge in [-0.15, -0.1) is 0 Å². The highest BCUT2D eigenvalue weighted by atomic mass is 16.5. The molecule has 0 saturated heterocycles. The van der Waals surface area contributed by atoms with Gasteiger partial charge >= 0.3 is 6.03 Å². The molecule has 0 spiro atoms. The first kappa shape index (κ1) is 19.2. The molecule has 144 valence electrons. The zero-order valence-electron chi connectivity index (χ0n) is 15.9. The molecule has 5 nitrogen and oxygen atoms in total. The van der Waals surface area contributed by atoms with Gasteiger partial charge in [0.2, 0.25) is 0 Å². The maximum absolute atomic E-state index is 12.9. The normalized spacial score (nSPS) is 14.6. The van der Waals surface area contributed by atoms with Crippen LogP contribution in [0.15, 0.2) is 48.5 Å². The zero-order chi connectivity index (χ0) is 19.1. The third-order valence-electron chi connectivity index (χ3n) is 5.15. The summed E-state index contributed by atoms with van der Waals surface area (Å²) in [6.45, 7) is 0.341. The number of carbonyl (C=O) groups is 1. The van der Waals surface area contributed by atoms with E-state index >= 15 is 0 Å². The van der Waals surface area contributed by atoms with Gasteiger partial charge in [0.15, 0.2) is 0 Å². The van der Waals surface area contributed by atoms with E-state index in [1.165, 1.54) is 6.42 Å². The minimum absolute atomic E-state index is 0.0226. The molecule has 1 fully saturated rings. The van der Waals surface area contributed by atoms with Crippen molar-refractivity contribution in [2.45, 2.75) is 38.1 Å². The minimum atomic E-state index is -0.145. The predicted octanol–water partition coefficient (Wildman–Crippen LogP) is 4.52. The van der Waals surface area contributed by atoms with Crippen LogP contribution >= 0.6 is 0 Å². The van der Waals surface area contributed by atoms with Gasteiger partial charge in [0.1, 0.15) is 5.75 Å². The van der Waals surface area contributed by atoms with E-state index in [4.69, 9.17) is 4.74 Å². The van der Waals surface area contributed by atoms with Crippen LogP contribution in [-0.2, 0) is 0 Å². The Hall–Kier alpha value is -2.53. The molecular weight excluding hydrogens is 340 g/mol. The Labute approximate surface area is 161 Å². The summed E-state index contributed by atoms with van der Waals surface area (Å²) in [5, 5.41) is 12.4. The number of carbonyl (C=O) groups excluding carboxylic acids is 1. The zero-order valence-corrected chi connectivity index (χ0v) is 15.9. The highest BCUT2D eigenvalue weighted by molar-refractivity contribution is 5.90. The molecule has 27 heavy (non-hydrogen) atoms. The number of ether oxygens (including phenoxy) is 1. The fourth-order valence-electron chi connectivity index (χ4n) is 3.79. The number of benzene rings is 2. The number of methoxy groups -OCH3 is 1. The van der Waals surface area contributed by atoms with Crippen LogP contribution < -0.4 is 10.1 Å². The molecule has 0 unspecified atom stereocenters. The van der Waals surface area contributed by atoms with Gasteiger partial charge in [-0.25, -0.2) is 4.79 Å². The Morgan fingerprint density at radius 2 is 1.93 bits per heavy atom. The van der Waals surface area contributed by atoms with Crippen LogP contribution in [0, 0.1) is 0 Å². The molecule has 3 rings (SSSR count). The first-order valence-electron chi connectivity index (χ1n) is 9.65. The molecule has 2 aromatic rings. The fraction of sp³-hybridized carbons (Fsp3) is 0.409. The number of nitrogens with one attached hydrogen (secondary N) is 1. The van der Waals surface area contributed by atoms with Gasteiger partial charge < -0.3 is 20.1 Å². The second-order valence-corrected chi connectivity index (χ2v) is 6.92. The van der Waals surface area contributed by atoms with Crippen LogP contribution in [0.5, 0.6) is 5.75 Å². The molecule has 2 aromatic carbocycles. The second-order valence-electron chi connectivity index (χ2n) is 6.92. The average Bonchev–Trinajstić information content (AvgIpc) is 2.72. The molecule has 1 aliphatic carbocycles. The van der Waals surface area contributed by atoms with Gasteiger partial charge in [-0.1, -0.05) is 49.6 Å². The fourth-order valence-corrected chi connectivity index (χ4v) is 3.79. The van der Waals surface area contributed by atoms with E-state index in [2.05, 4.69) is 5.32 Å². The molecule has 2 N–H and O–H groups in total. The van der Waals surface area contributed by atoms with Crippen molar-refractivity contribution >= 4 is 11.7 Å². The Morgan fingerprint density at radius 3 is 2.67 bits per heavy atom. The topological polar surface area (TPSA) is 61.8 Å². The van der Waals surface area contributed by atoms with Crippen molar-refractivity contribution < 1.29 is 14.6 Å². The van der Waals surface area contributed by atoms with Gasteiger partial charge in [-0.3, -0.25) is 0 Å². The van der Waals surface area contributed by atoms with Crippen molar-refractivity contribution in [2.24, 2.45) is 0 Å². The van der Waals surface area contributed by atoms with E-state index < -0.39 is 0 Å². The largest absolute Gasteiger partial charge is 0.496 e. The number of aliphatic hydroxyl groups is 1. The lowest BCUT2D eigenvalue weighted by Gasteiger charge is -2.34. The quantitative estimate of drug-likeness (QED) is 0.788. The Morgan fingerprint density at radius 1 is 1.15 bits per heavy atom. The van der Waals surface area contributed by atoms with Crippen LogP contribution in [0.2, 0.25) is 0 Å². The standard InChI is InChI=1S/C22H28N2O3/c1-27-21-13-6-5-12-20(21)17-8-7-9-18(16-17)23-22(26)24(14-15-25)19-10-3-2-4-11-19/h5-9,12-13,16,19,25H,2-4,10-11,14-15H2,1H3,(H,23,26). The molecule has 1 saturated carbocycles. The first-order valence-corrected chi connectivity index (χ1v) is 9.65. The van der Waals surface area contributed by atoms with Gasteiger partial charge in [0.25, 0.3) is 0 Å². The Kier molecular flexibility index (Phi) is 6.71. The SMILES string of the molecule is COc1ccccc1-c1cccc(NC(=O)N(CCO)C2CCCCC2)c1. The lowest BCUT2D eigenvalue weighted by Crippen LogP contribution is -2.45. The number of amides is 2. The smallest absolute Gasteiger partial charge is 0.322 e. The summed E-state index contributed by atoms with van der Waals surface area (Å²) < 4.78 is 5.45. The second kappa shape index (κ2) is 9.42. The van der Waals surface area contributed by atoms with Gasteiger partial charge in [0, 0.05) is 23.8 Å². The lowest BCUT2D eigenvalue weighted by molar-refractivity contribution is 0.144. The van der Waals surface area contributed by atoms with Crippen LogP contribution in [0.25, 0.3) is 11.1 Å². The maximum Gasteiger partial charge on any atom is 0.322 e. The summed E-state index contributed by atoms with van der Waals surface area (Å²) in [7, 11) is 1.65. The summed E-state index contributed by atoms with van der Waals surface area (Å²) in [6, 6.07) is 15.7. The van der Waals surface area contributed by atoms with Crippen molar-refractivity contribution in [1.82, 2.24) is 4.90 Å². The Bertz CT molecular complexity index is 757. The lowest BCUT2D eigenvalue weighted by atomic mass is 9.94. The maximum atomic E-state index is 12.9. The summed E-state index contributed by atoms with van der Waals surface area (Å²) >= 11 is 0. The first-order chi connectivity index (χ1) is 13.2. The molecule has 0 bridgehead atoms. The van der Waals surface area contributed by atoms with Gasteiger partial charge in [-0.05, 0) is 36.6 Å². The van der Waals surface area contributed by atoms with Crippen LogP contribution in [0.1, 0.15) is 32.1 Å². The molecule has 0 aliphatic heterocycles. The van der Waals surface area contributed by atoms with E-state index in [1.54, 1.807) is 12.0 Å². The number of hydrogen-bond donors (Lipinski definition) is 2. The molecule has 1 aliphatic rings. The van der Waals surface area contributed by atoms with E-state index in [1.807, 2.05) is 48.5 Å². The molecule has 0 atom stereocenters. The van der Waals surface area contributed by atoms with Gasteiger partial charge in [-0.2, -0.15) is 0 Å². The molecule has 0 radical (unpaired) electrons. The van der Waals surface area contributed by atoms with E-state index in [0.717, 1.165) is 48.2 Å². The molecule has 0 aromatic heterocycles. The van der Waals surface area contributed by atoms with Crippen molar-refractivity contribution in [1.29, 1.82) is 0 Å². The predicted molar refractivity (Wildman–Crippen MR) is 108 cm³/mol. The number of nitrogens with zero attached hydrogens (tertiary/aromatic N) is 1. The minimum Gasteiger partial charge on any atom is -0.496 e. The van der Waals surface area contributed by atoms with Gasteiger partial charge in [0.05, 0.1) is 13.7 Å². The van der Waals surface area contributed by atoms with Crippen molar-refractivity contribution in [3.63, 3.8) is 0 Å². The highest BCUT2D eigenvalue weighted by Crippen LogP contribution is 2.31. The monoisotopic (exact) mass is 368 g/mol. The third-order valence-corrected chi connectivity index (χ3v) is 5.15. The van der Waals surface area contributed by atoms with Crippen molar-refractivity contribution in [3.8, 4) is 16.9 Å². The number of rotatable bonds is 6. The number of para-hydroxylation sites is 1. The molecule has 0 heterocycles. The van der Waals surface area contributed by atoms with E-state index in [0.29, 0.717) is 6.54 Å². The number of urea groups is 1. The highest BCUT2D eigenvalue weighted by Gasteiger charge is 2.25. The van der Waals surface area contributed by atoms with Crippen LogP contribution in [0.3, 0.4) is 0 Å².